The maximum absolute atomic E-state index is 13.5. The number of nitrogens with zero attached hydrogens (tertiary/aromatic N) is 1. The molecule has 34 heavy (non-hydrogen) atoms. The standard InChI is InChI=1S/C27H21BrN2O4/c28-19-10-13-21-22(14-19)23(17-4-2-1-3-5-17)24(27(33)34)30(26(21)32)15-16-6-8-18(9-7-16)25(31)29-20-11-12-20/h1-10,13-14,20H,11-12,15H2,(H,29,31)(H,33,34). The summed E-state index contributed by atoms with van der Waals surface area (Å²) in [6.45, 7) is 0.0663. The van der Waals surface area contributed by atoms with Gasteiger partial charge in [0.1, 0.15) is 5.69 Å². The highest BCUT2D eigenvalue weighted by Crippen LogP contribution is 2.33. The molecule has 0 unspecified atom stereocenters. The largest absolute Gasteiger partial charge is 0.477 e. The number of rotatable bonds is 6. The number of nitrogens with one attached hydrogen (secondary N) is 1. The van der Waals surface area contributed by atoms with Gasteiger partial charge in [-0.25, -0.2) is 4.79 Å². The fourth-order valence-electron chi connectivity index (χ4n) is 4.13. The highest BCUT2D eigenvalue weighted by atomic mass is 79.9. The molecule has 2 N–H and O–H groups in total. The second kappa shape index (κ2) is 8.91. The predicted molar refractivity (Wildman–Crippen MR) is 134 cm³/mol. The van der Waals surface area contributed by atoms with E-state index in [1.165, 1.54) is 4.57 Å². The lowest BCUT2D eigenvalue weighted by Crippen LogP contribution is -2.28. The third-order valence-corrected chi connectivity index (χ3v) is 6.46. The molecule has 1 heterocycles. The van der Waals surface area contributed by atoms with Crippen LogP contribution in [-0.4, -0.2) is 27.6 Å². The molecule has 0 bridgehead atoms. The Kier molecular flexibility index (Phi) is 5.79. The van der Waals surface area contributed by atoms with Crippen molar-refractivity contribution >= 4 is 38.6 Å². The van der Waals surface area contributed by atoms with Gasteiger partial charge in [0.2, 0.25) is 0 Å². The molecule has 0 radical (unpaired) electrons. The third-order valence-electron chi connectivity index (χ3n) is 5.97. The normalized spacial score (nSPS) is 13.1. The summed E-state index contributed by atoms with van der Waals surface area (Å²) < 4.78 is 2.06. The Hall–Kier alpha value is -3.71. The van der Waals surface area contributed by atoms with Gasteiger partial charge in [-0.05, 0) is 59.7 Å². The van der Waals surface area contributed by atoms with Crippen LogP contribution in [-0.2, 0) is 6.54 Å². The number of pyridine rings is 1. The molecule has 0 spiro atoms. The number of hydrogen-bond donors (Lipinski definition) is 2. The van der Waals surface area contributed by atoms with Gasteiger partial charge in [-0.2, -0.15) is 0 Å². The Morgan fingerprint density at radius 1 is 0.971 bits per heavy atom. The van der Waals surface area contributed by atoms with Crippen LogP contribution in [0.2, 0.25) is 0 Å². The molecular weight excluding hydrogens is 496 g/mol. The Labute approximate surface area is 204 Å². The quantitative estimate of drug-likeness (QED) is 0.374. The lowest BCUT2D eigenvalue weighted by Gasteiger charge is -2.18. The van der Waals surface area contributed by atoms with Crippen LogP contribution in [0, 0.1) is 0 Å². The first kappa shape index (κ1) is 22.1. The molecule has 4 aromatic rings. The number of hydrogen-bond acceptors (Lipinski definition) is 3. The average molecular weight is 517 g/mol. The number of carboxylic acids is 1. The van der Waals surface area contributed by atoms with Gasteiger partial charge in [0.05, 0.1) is 6.54 Å². The summed E-state index contributed by atoms with van der Waals surface area (Å²) in [4.78, 5) is 38.3. The fourth-order valence-corrected chi connectivity index (χ4v) is 4.49. The molecule has 0 aliphatic heterocycles. The first-order valence-corrected chi connectivity index (χ1v) is 11.8. The van der Waals surface area contributed by atoms with Crippen LogP contribution >= 0.6 is 15.9 Å². The van der Waals surface area contributed by atoms with Crippen molar-refractivity contribution in [3.8, 4) is 11.1 Å². The zero-order chi connectivity index (χ0) is 23.8. The molecule has 0 atom stereocenters. The molecule has 1 amide bonds. The van der Waals surface area contributed by atoms with Crippen molar-refractivity contribution in [2.45, 2.75) is 25.4 Å². The van der Waals surface area contributed by atoms with Crippen LogP contribution in [0.15, 0.2) is 82.1 Å². The molecule has 5 rings (SSSR count). The topological polar surface area (TPSA) is 88.4 Å². The molecule has 6 nitrogen and oxygen atoms in total. The second-order valence-electron chi connectivity index (χ2n) is 8.42. The number of carbonyl (C=O) groups excluding carboxylic acids is 1. The Balaban J connectivity index is 1.65. The molecule has 7 heteroatoms. The monoisotopic (exact) mass is 516 g/mol. The highest BCUT2D eigenvalue weighted by Gasteiger charge is 2.25. The molecule has 1 saturated carbocycles. The first-order valence-electron chi connectivity index (χ1n) is 11.0. The van der Waals surface area contributed by atoms with E-state index < -0.39 is 5.97 Å². The van der Waals surface area contributed by atoms with Crippen molar-refractivity contribution in [2.24, 2.45) is 0 Å². The van der Waals surface area contributed by atoms with Crippen LogP contribution in [0.5, 0.6) is 0 Å². The minimum absolute atomic E-state index is 0.0663. The van der Waals surface area contributed by atoms with Gasteiger partial charge >= 0.3 is 5.97 Å². The molecule has 1 aliphatic carbocycles. The Morgan fingerprint density at radius 3 is 2.32 bits per heavy atom. The predicted octanol–water partition coefficient (Wildman–Crippen LogP) is 5.07. The number of carbonyl (C=O) groups is 2. The molecular formula is C27H21BrN2O4. The van der Waals surface area contributed by atoms with Crippen LogP contribution in [0.4, 0.5) is 0 Å². The number of halogens is 1. The number of benzene rings is 3. The fraction of sp³-hybridized carbons (Fsp3) is 0.148. The van der Waals surface area contributed by atoms with Gasteiger partial charge in [-0.3, -0.25) is 14.2 Å². The van der Waals surface area contributed by atoms with Crippen LogP contribution in [0.25, 0.3) is 21.9 Å². The van der Waals surface area contributed by atoms with Gasteiger partial charge in [-0.15, -0.1) is 0 Å². The molecule has 1 aromatic heterocycles. The van der Waals surface area contributed by atoms with Crippen molar-refractivity contribution in [1.82, 2.24) is 9.88 Å². The van der Waals surface area contributed by atoms with Crippen molar-refractivity contribution < 1.29 is 14.7 Å². The zero-order valence-corrected chi connectivity index (χ0v) is 19.7. The maximum atomic E-state index is 13.5. The highest BCUT2D eigenvalue weighted by molar-refractivity contribution is 9.10. The second-order valence-corrected chi connectivity index (χ2v) is 9.34. The Morgan fingerprint density at radius 2 is 1.68 bits per heavy atom. The van der Waals surface area contributed by atoms with E-state index in [4.69, 9.17) is 0 Å². The summed E-state index contributed by atoms with van der Waals surface area (Å²) in [6.07, 6.45) is 2.01. The lowest BCUT2D eigenvalue weighted by atomic mass is 9.96. The summed E-state index contributed by atoms with van der Waals surface area (Å²) in [5, 5.41) is 14.2. The van der Waals surface area contributed by atoms with Crippen LogP contribution < -0.4 is 10.9 Å². The van der Waals surface area contributed by atoms with Crippen molar-refractivity contribution in [2.75, 3.05) is 0 Å². The third kappa shape index (κ3) is 4.26. The van der Waals surface area contributed by atoms with E-state index in [2.05, 4.69) is 21.2 Å². The van der Waals surface area contributed by atoms with E-state index in [1.54, 1.807) is 42.5 Å². The van der Waals surface area contributed by atoms with E-state index in [1.807, 2.05) is 30.3 Å². The van der Waals surface area contributed by atoms with Crippen molar-refractivity contribution in [1.29, 1.82) is 0 Å². The maximum Gasteiger partial charge on any atom is 0.353 e. The van der Waals surface area contributed by atoms with Gasteiger partial charge < -0.3 is 10.4 Å². The molecule has 1 aliphatic rings. The first-order chi connectivity index (χ1) is 16.4. The van der Waals surface area contributed by atoms with Gasteiger partial charge in [0.15, 0.2) is 0 Å². The zero-order valence-electron chi connectivity index (χ0n) is 18.1. The van der Waals surface area contributed by atoms with Gasteiger partial charge in [-0.1, -0.05) is 58.4 Å². The molecule has 0 saturated heterocycles. The SMILES string of the molecule is O=C(NC1CC1)c1ccc(Cn2c(C(=O)O)c(-c3ccccc3)c3cc(Br)ccc3c2=O)cc1. The van der Waals surface area contributed by atoms with Gasteiger partial charge in [0.25, 0.3) is 11.5 Å². The summed E-state index contributed by atoms with van der Waals surface area (Å²) in [6, 6.07) is 21.7. The van der Waals surface area contributed by atoms with Crippen molar-refractivity contribution in [3.05, 3.63) is 104 Å². The summed E-state index contributed by atoms with van der Waals surface area (Å²) in [5.41, 5.74) is 2.01. The van der Waals surface area contributed by atoms with Gasteiger partial charge in [0, 0.05) is 27.0 Å². The smallest absolute Gasteiger partial charge is 0.353 e. The molecule has 1 fully saturated rings. The van der Waals surface area contributed by atoms with Crippen LogP contribution in [0.3, 0.4) is 0 Å². The van der Waals surface area contributed by atoms with E-state index in [9.17, 15) is 19.5 Å². The van der Waals surface area contributed by atoms with Crippen LogP contribution in [0.1, 0.15) is 39.3 Å². The minimum atomic E-state index is -1.18. The van der Waals surface area contributed by atoms with E-state index in [0.29, 0.717) is 27.5 Å². The van der Waals surface area contributed by atoms with Crippen molar-refractivity contribution in [3.63, 3.8) is 0 Å². The summed E-state index contributed by atoms with van der Waals surface area (Å²) >= 11 is 3.45. The minimum Gasteiger partial charge on any atom is -0.477 e. The number of fused-ring (bicyclic) bond motifs is 1. The number of aromatic carboxylic acids is 1. The molecule has 3 aromatic carbocycles. The van der Waals surface area contributed by atoms with E-state index >= 15 is 0 Å². The van der Waals surface area contributed by atoms with E-state index in [-0.39, 0.29) is 29.7 Å². The molecule has 170 valence electrons. The Bertz CT molecular complexity index is 1470. The number of aromatic nitrogens is 1. The summed E-state index contributed by atoms with van der Waals surface area (Å²) in [7, 11) is 0. The summed E-state index contributed by atoms with van der Waals surface area (Å²) in [5.74, 6) is -1.31. The number of amides is 1. The average Bonchev–Trinajstić information content (AvgIpc) is 3.65. The lowest BCUT2D eigenvalue weighted by molar-refractivity contribution is 0.0685. The number of carboxylic acid groups (broad SMARTS) is 1. The van der Waals surface area contributed by atoms with E-state index in [0.717, 1.165) is 22.9 Å².